The van der Waals surface area contributed by atoms with Crippen molar-refractivity contribution in [3.63, 3.8) is 0 Å². The highest BCUT2D eigenvalue weighted by molar-refractivity contribution is 5.32. The summed E-state index contributed by atoms with van der Waals surface area (Å²) >= 11 is 0. The Kier molecular flexibility index (Phi) is 3.51. The number of rotatable bonds is 0. The zero-order valence-electron chi connectivity index (χ0n) is 6.02. The standard InChI is InChI=1S/C6F8/c7-2-1-3(8)4(5(9,10)11)6(12,13)14. The molecule has 0 aromatic heterocycles. The quantitative estimate of drug-likeness (QED) is 0.437. The molecule has 14 heavy (non-hydrogen) atoms. The number of hydrogen-bond donors (Lipinski definition) is 0. The fourth-order valence-electron chi connectivity index (χ4n) is 0.514. The van der Waals surface area contributed by atoms with Crippen LogP contribution in [0.2, 0.25) is 0 Å². The lowest BCUT2D eigenvalue weighted by molar-refractivity contribution is -0.174. The largest absolute Gasteiger partial charge is 0.424 e. The molecule has 0 aliphatic heterocycles. The van der Waals surface area contributed by atoms with Crippen molar-refractivity contribution in [1.29, 1.82) is 0 Å². The molecule has 0 heterocycles. The van der Waals surface area contributed by atoms with Gasteiger partial charge in [-0.3, -0.25) is 0 Å². The first-order chi connectivity index (χ1) is 6.10. The van der Waals surface area contributed by atoms with Gasteiger partial charge in [-0.15, -0.1) is 4.39 Å². The number of allylic oxidation sites excluding steroid dienone is 2. The Labute approximate surface area is 72.2 Å². The third kappa shape index (κ3) is 3.24. The van der Waals surface area contributed by atoms with Gasteiger partial charge in [-0.05, 0) is 0 Å². The molecule has 0 radical (unpaired) electrons. The zero-order chi connectivity index (χ0) is 11.6. The van der Waals surface area contributed by atoms with Gasteiger partial charge in [0.25, 0.3) is 0 Å². The Bertz CT molecular complexity index is 277. The molecule has 0 saturated heterocycles. The minimum Gasteiger partial charge on any atom is -0.196 e. The molecule has 0 aliphatic carbocycles. The second kappa shape index (κ2) is 3.86. The Balaban J connectivity index is 5.53. The van der Waals surface area contributed by atoms with E-state index in [-0.39, 0.29) is 6.17 Å². The molecule has 0 aliphatic rings. The minimum absolute atomic E-state index is 0.109. The van der Waals surface area contributed by atoms with Crippen LogP contribution in [0.15, 0.2) is 11.4 Å². The summed E-state index contributed by atoms with van der Waals surface area (Å²) in [5, 5.41) is 0. The van der Waals surface area contributed by atoms with Crippen LogP contribution in [-0.4, -0.2) is 12.4 Å². The second-order valence-corrected chi connectivity index (χ2v) is 1.90. The predicted octanol–water partition coefficient (Wildman–Crippen LogP) is 3.26. The van der Waals surface area contributed by atoms with Crippen molar-refractivity contribution in [2.45, 2.75) is 12.4 Å². The molecule has 0 nitrogen and oxygen atoms in total. The first-order valence-electron chi connectivity index (χ1n) is 2.76. The molecule has 80 valence electrons. The van der Waals surface area contributed by atoms with E-state index in [1.165, 1.54) is 0 Å². The molecule has 0 amide bonds. The van der Waals surface area contributed by atoms with E-state index in [1.54, 1.807) is 0 Å². The summed E-state index contributed by atoms with van der Waals surface area (Å²) in [4.78, 5) is 0. The van der Waals surface area contributed by atoms with Crippen molar-refractivity contribution in [1.82, 2.24) is 0 Å². The molecule has 0 saturated carbocycles. The fraction of sp³-hybridized carbons (Fsp3) is 0.333. The van der Waals surface area contributed by atoms with Crippen LogP contribution in [0.3, 0.4) is 0 Å². The average Bonchev–Trinajstić information content (AvgIpc) is 1.78. The van der Waals surface area contributed by atoms with Crippen LogP contribution in [0.25, 0.3) is 0 Å². The zero-order valence-corrected chi connectivity index (χ0v) is 6.02. The second-order valence-electron chi connectivity index (χ2n) is 1.90. The van der Waals surface area contributed by atoms with Crippen LogP contribution in [0.5, 0.6) is 0 Å². The molecule has 0 rings (SSSR count). The summed E-state index contributed by atoms with van der Waals surface area (Å²) in [6, 6.07) is 0. The highest BCUT2D eigenvalue weighted by Gasteiger charge is 2.53. The Hall–Kier alpha value is -1.26. The monoisotopic (exact) mass is 224 g/mol. The van der Waals surface area contributed by atoms with E-state index in [2.05, 4.69) is 0 Å². The Morgan fingerprint density at radius 1 is 0.857 bits per heavy atom. The molecule has 0 spiro atoms. The first-order valence-corrected chi connectivity index (χ1v) is 2.76. The summed E-state index contributed by atoms with van der Waals surface area (Å²) in [6.07, 6.45) is -11.8. The minimum atomic E-state index is -5.97. The summed E-state index contributed by atoms with van der Waals surface area (Å²) in [7, 11) is 0. The third-order valence-electron chi connectivity index (χ3n) is 0.943. The van der Waals surface area contributed by atoms with E-state index in [0.29, 0.717) is 5.92 Å². The van der Waals surface area contributed by atoms with Crippen molar-refractivity contribution in [2.24, 2.45) is 0 Å². The van der Waals surface area contributed by atoms with Crippen molar-refractivity contribution in [2.75, 3.05) is 0 Å². The Morgan fingerprint density at radius 3 is 1.43 bits per heavy atom. The number of hydrogen-bond acceptors (Lipinski definition) is 0. The van der Waals surface area contributed by atoms with E-state index in [0.717, 1.165) is 0 Å². The van der Waals surface area contributed by atoms with Gasteiger partial charge >= 0.3 is 12.4 Å². The highest BCUT2D eigenvalue weighted by Crippen LogP contribution is 2.40. The van der Waals surface area contributed by atoms with Gasteiger partial charge in [0, 0.05) is 5.92 Å². The van der Waals surface area contributed by atoms with Gasteiger partial charge in [0.05, 0.1) is 0 Å². The lowest BCUT2D eigenvalue weighted by Crippen LogP contribution is -2.27. The van der Waals surface area contributed by atoms with E-state index in [1.807, 2.05) is 0 Å². The molecular formula is C6F8. The molecule has 0 fully saturated rings. The van der Waals surface area contributed by atoms with Gasteiger partial charge in [-0.25, -0.2) is 0 Å². The SMILES string of the molecule is FC#CC(F)=C(C(F)(F)F)C(F)(F)F. The van der Waals surface area contributed by atoms with Gasteiger partial charge in [-0.1, -0.05) is 0 Å². The molecule has 8 heteroatoms. The van der Waals surface area contributed by atoms with Crippen LogP contribution >= 0.6 is 0 Å². The normalized spacial score (nSPS) is 11.7. The summed E-state index contributed by atoms with van der Waals surface area (Å²) in [6.45, 7) is 0. The van der Waals surface area contributed by atoms with E-state index in [9.17, 15) is 35.1 Å². The lowest BCUT2D eigenvalue weighted by atomic mass is 10.2. The molecule has 0 atom stereocenters. The van der Waals surface area contributed by atoms with Gasteiger partial charge in [0.15, 0.2) is 11.4 Å². The van der Waals surface area contributed by atoms with Crippen LogP contribution in [0.1, 0.15) is 0 Å². The summed E-state index contributed by atoms with van der Waals surface area (Å²) < 4.78 is 92.6. The summed E-state index contributed by atoms with van der Waals surface area (Å²) in [5.41, 5.74) is -3.45. The van der Waals surface area contributed by atoms with Gasteiger partial charge < -0.3 is 0 Å². The molecule has 0 bridgehead atoms. The van der Waals surface area contributed by atoms with E-state index in [4.69, 9.17) is 0 Å². The van der Waals surface area contributed by atoms with Crippen molar-refractivity contribution >= 4 is 0 Å². The third-order valence-corrected chi connectivity index (χ3v) is 0.943. The van der Waals surface area contributed by atoms with E-state index < -0.39 is 23.8 Å². The smallest absolute Gasteiger partial charge is 0.196 e. The van der Waals surface area contributed by atoms with E-state index >= 15 is 0 Å². The first kappa shape index (κ1) is 12.7. The van der Waals surface area contributed by atoms with Crippen molar-refractivity contribution < 1.29 is 35.1 Å². The van der Waals surface area contributed by atoms with Crippen LogP contribution in [0.4, 0.5) is 35.1 Å². The average molecular weight is 224 g/mol. The topological polar surface area (TPSA) is 0 Å². The number of halogens is 8. The van der Waals surface area contributed by atoms with Crippen molar-refractivity contribution in [3.8, 4) is 12.1 Å². The van der Waals surface area contributed by atoms with Crippen LogP contribution < -0.4 is 0 Å². The predicted molar refractivity (Wildman–Crippen MR) is 29.1 cm³/mol. The van der Waals surface area contributed by atoms with Crippen LogP contribution in [-0.2, 0) is 0 Å². The van der Waals surface area contributed by atoms with Crippen LogP contribution in [0, 0.1) is 12.1 Å². The maximum absolute atomic E-state index is 12.1. The molecular weight excluding hydrogens is 224 g/mol. The Morgan fingerprint density at radius 2 is 1.21 bits per heavy atom. The lowest BCUT2D eigenvalue weighted by Gasteiger charge is -2.13. The highest BCUT2D eigenvalue weighted by atomic mass is 19.4. The number of alkyl halides is 6. The molecule has 0 N–H and O–H groups in total. The maximum Gasteiger partial charge on any atom is 0.424 e. The van der Waals surface area contributed by atoms with Gasteiger partial charge in [-0.2, -0.15) is 30.7 Å². The fourth-order valence-corrected chi connectivity index (χ4v) is 0.514. The summed E-state index contributed by atoms with van der Waals surface area (Å²) in [5.74, 6) is -2.48. The van der Waals surface area contributed by atoms with Gasteiger partial charge in [0.2, 0.25) is 0 Å². The van der Waals surface area contributed by atoms with Gasteiger partial charge in [0.1, 0.15) is 6.17 Å². The maximum atomic E-state index is 12.1. The molecule has 0 unspecified atom stereocenters. The molecule has 0 aromatic carbocycles. The van der Waals surface area contributed by atoms with Crippen molar-refractivity contribution in [3.05, 3.63) is 11.4 Å². The molecule has 0 aromatic rings.